The van der Waals surface area contributed by atoms with E-state index in [1.807, 2.05) is 42.5 Å². The highest BCUT2D eigenvalue weighted by atomic mass is 35.5. The van der Waals surface area contributed by atoms with E-state index in [1.54, 1.807) is 11.2 Å². The lowest BCUT2D eigenvalue weighted by Gasteiger charge is -2.27. The van der Waals surface area contributed by atoms with Gasteiger partial charge < -0.3 is 25.1 Å². The number of nitrogens with one attached hydrogen (secondary N) is 2. The third kappa shape index (κ3) is 6.68. The average Bonchev–Trinajstić information content (AvgIpc) is 3.26. The van der Waals surface area contributed by atoms with Crippen LogP contribution in [-0.4, -0.2) is 53.6 Å². The quantitative estimate of drug-likeness (QED) is 0.264. The van der Waals surface area contributed by atoms with Crippen LogP contribution in [0.1, 0.15) is 31.4 Å². The lowest BCUT2D eigenvalue weighted by molar-refractivity contribution is 0.0600. The van der Waals surface area contributed by atoms with Gasteiger partial charge in [-0.1, -0.05) is 43.6 Å². The largest absolute Gasteiger partial charge is 0.492 e. The highest BCUT2D eigenvalue weighted by molar-refractivity contribution is 6.32. The Kier molecular flexibility index (Phi) is 9.11. The molecule has 0 saturated heterocycles. The van der Waals surface area contributed by atoms with Crippen molar-refractivity contribution >= 4 is 23.2 Å². The third-order valence-electron chi connectivity index (χ3n) is 5.55. The van der Waals surface area contributed by atoms with Crippen molar-refractivity contribution in [2.45, 2.75) is 31.8 Å². The van der Waals surface area contributed by atoms with Gasteiger partial charge in [0, 0.05) is 17.5 Å². The lowest BCUT2D eigenvalue weighted by Crippen LogP contribution is -2.44. The topological polar surface area (TPSA) is 86.2 Å². The first-order valence-electron chi connectivity index (χ1n) is 10.8. The number of alkyl halides is 1. The second kappa shape index (κ2) is 11.8. The van der Waals surface area contributed by atoms with E-state index in [4.69, 9.17) is 32.7 Å². The number of aliphatic hydroxyl groups excluding tert-OH is 2. The van der Waals surface area contributed by atoms with Crippen LogP contribution in [0, 0.1) is 0 Å². The Balaban J connectivity index is 1.58. The Labute approximate surface area is 204 Å². The maximum Gasteiger partial charge on any atom is 0.137 e. The molecule has 4 N–H and O–H groups in total. The number of hydrazine groups is 2. The fourth-order valence-electron chi connectivity index (χ4n) is 3.47. The summed E-state index contributed by atoms with van der Waals surface area (Å²) in [5.41, 5.74) is 8.17. The molecule has 0 fully saturated rings. The first-order valence-corrected chi connectivity index (χ1v) is 11.7. The first kappa shape index (κ1) is 25.5. The summed E-state index contributed by atoms with van der Waals surface area (Å²) in [6, 6.07) is 13.7. The van der Waals surface area contributed by atoms with Crippen LogP contribution in [0.4, 0.5) is 0 Å². The number of β-amino-alcohol motifs (C(OH)–C–C–N with tert-alkyl or cyclic N) is 1. The van der Waals surface area contributed by atoms with Crippen LogP contribution in [0.2, 0.25) is 5.02 Å². The Morgan fingerprint density at radius 3 is 2.48 bits per heavy atom. The molecule has 1 atom stereocenters. The summed E-state index contributed by atoms with van der Waals surface area (Å²) in [5.74, 6) is 1.88. The van der Waals surface area contributed by atoms with Gasteiger partial charge in [-0.3, -0.25) is 5.01 Å². The zero-order valence-electron chi connectivity index (χ0n) is 18.9. The first-order chi connectivity index (χ1) is 15.8. The Bertz CT molecular complexity index is 938. The van der Waals surface area contributed by atoms with Gasteiger partial charge >= 0.3 is 0 Å². The van der Waals surface area contributed by atoms with Crippen molar-refractivity contribution in [3.8, 4) is 11.5 Å². The SMILES string of the molecule is CC(C)(c1ccc(OCC(O)CN2NNC=C2CO)cc1)c1ccc(OCCCCl)c(Cl)c1. The molecule has 7 nitrogen and oxygen atoms in total. The number of nitrogens with zero attached hydrogens (tertiary/aromatic N) is 1. The summed E-state index contributed by atoms with van der Waals surface area (Å²) >= 11 is 12.1. The van der Waals surface area contributed by atoms with E-state index in [-0.39, 0.29) is 25.2 Å². The van der Waals surface area contributed by atoms with E-state index in [1.165, 1.54) is 0 Å². The molecule has 0 bridgehead atoms. The summed E-state index contributed by atoms with van der Waals surface area (Å²) in [4.78, 5) is 0. The number of hydrogen-bond acceptors (Lipinski definition) is 7. The van der Waals surface area contributed by atoms with Crippen molar-refractivity contribution in [1.29, 1.82) is 0 Å². The predicted octanol–water partition coefficient (Wildman–Crippen LogP) is 3.57. The minimum atomic E-state index is -0.740. The molecule has 33 heavy (non-hydrogen) atoms. The van der Waals surface area contributed by atoms with Crippen LogP contribution in [0.5, 0.6) is 11.5 Å². The second-order valence-electron chi connectivity index (χ2n) is 8.31. The number of benzene rings is 2. The summed E-state index contributed by atoms with van der Waals surface area (Å²) in [6.45, 7) is 5.08. The van der Waals surface area contributed by atoms with Crippen molar-refractivity contribution < 1.29 is 19.7 Å². The maximum atomic E-state index is 10.3. The molecule has 3 rings (SSSR count). The molecule has 1 heterocycles. The Morgan fingerprint density at radius 2 is 1.82 bits per heavy atom. The molecule has 2 aromatic carbocycles. The summed E-state index contributed by atoms with van der Waals surface area (Å²) in [6.07, 6.45) is 1.67. The molecule has 0 radical (unpaired) electrons. The van der Waals surface area contributed by atoms with Gasteiger partial charge in [0.1, 0.15) is 24.2 Å². The van der Waals surface area contributed by atoms with Crippen molar-refractivity contribution in [1.82, 2.24) is 16.0 Å². The van der Waals surface area contributed by atoms with Gasteiger partial charge in [-0.2, -0.15) is 0 Å². The molecular weight excluding hydrogens is 465 g/mol. The monoisotopic (exact) mass is 495 g/mol. The maximum absolute atomic E-state index is 10.3. The predicted molar refractivity (Wildman–Crippen MR) is 131 cm³/mol. The second-order valence-corrected chi connectivity index (χ2v) is 9.10. The number of halogens is 2. The van der Waals surface area contributed by atoms with E-state index < -0.39 is 6.10 Å². The van der Waals surface area contributed by atoms with E-state index in [0.717, 1.165) is 17.5 Å². The van der Waals surface area contributed by atoms with Crippen LogP contribution in [0.15, 0.2) is 54.4 Å². The molecule has 0 spiro atoms. The van der Waals surface area contributed by atoms with Crippen LogP contribution < -0.4 is 20.4 Å². The lowest BCUT2D eigenvalue weighted by atomic mass is 9.78. The number of hydrogen-bond donors (Lipinski definition) is 4. The molecule has 2 aromatic rings. The zero-order chi connectivity index (χ0) is 23.8. The molecule has 1 aliphatic heterocycles. The van der Waals surface area contributed by atoms with E-state index >= 15 is 0 Å². The number of ether oxygens (including phenoxy) is 2. The van der Waals surface area contributed by atoms with E-state index in [9.17, 15) is 10.2 Å². The molecule has 0 saturated carbocycles. The van der Waals surface area contributed by atoms with Crippen molar-refractivity contribution in [3.05, 3.63) is 70.5 Å². The van der Waals surface area contributed by atoms with Gasteiger partial charge in [0.2, 0.25) is 0 Å². The number of aliphatic hydroxyl groups is 2. The molecular formula is C24H31Cl2N3O4. The van der Waals surface area contributed by atoms with Gasteiger partial charge in [-0.25, -0.2) is 0 Å². The van der Waals surface area contributed by atoms with E-state index in [2.05, 4.69) is 24.8 Å². The molecule has 1 aliphatic rings. The molecule has 0 aliphatic carbocycles. The highest BCUT2D eigenvalue weighted by Gasteiger charge is 2.24. The van der Waals surface area contributed by atoms with Crippen LogP contribution in [0.25, 0.3) is 0 Å². The van der Waals surface area contributed by atoms with Gasteiger partial charge in [-0.05, 0) is 41.8 Å². The minimum Gasteiger partial charge on any atom is -0.492 e. The highest BCUT2D eigenvalue weighted by Crippen LogP contribution is 2.36. The molecule has 180 valence electrons. The van der Waals surface area contributed by atoms with Crippen LogP contribution in [-0.2, 0) is 5.41 Å². The third-order valence-corrected chi connectivity index (χ3v) is 6.11. The Hall–Kier alpha value is -2.16. The van der Waals surface area contributed by atoms with Crippen molar-refractivity contribution in [3.63, 3.8) is 0 Å². The van der Waals surface area contributed by atoms with Gasteiger partial charge in [0.15, 0.2) is 0 Å². The van der Waals surface area contributed by atoms with Crippen molar-refractivity contribution in [2.24, 2.45) is 0 Å². The van der Waals surface area contributed by atoms with Crippen LogP contribution >= 0.6 is 23.2 Å². The van der Waals surface area contributed by atoms with Gasteiger partial charge in [-0.15, -0.1) is 17.1 Å². The minimum absolute atomic E-state index is 0.125. The fraction of sp³-hybridized carbons (Fsp3) is 0.417. The van der Waals surface area contributed by atoms with Gasteiger partial charge in [0.25, 0.3) is 0 Å². The van der Waals surface area contributed by atoms with Crippen molar-refractivity contribution in [2.75, 3.05) is 32.2 Å². The summed E-state index contributed by atoms with van der Waals surface area (Å²) < 4.78 is 11.4. The smallest absolute Gasteiger partial charge is 0.137 e. The van der Waals surface area contributed by atoms with Crippen LogP contribution in [0.3, 0.4) is 0 Å². The fourth-order valence-corrected chi connectivity index (χ4v) is 3.82. The van der Waals surface area contributed by atoms with Gasteiger partial charge in [0.05, 0.1) is 30.5 Å². The Morgan fingerprint density at radius 1 is 1.09 bits per heavy atom. The standard InChI is InChI=1S/C24H31Cl2N3O4/c1-24(2,18-6-9-23(22(26)12-18)32-11-3-10-25)17-4-7-21(8-5-17)33-16-20(31)14-29-19(15-30)13-27-28-29/h4-9,12-13,20,27-28,30-31H,3,10-11,14-16H2,1-2H3. The number of rotatable bonds is 12. The molecule has 0 amide bonds. The normalized spacial score (nSPS) is 14.6. The average molecular weight is 496 g/mol. The zero-order valence-corrected chi connectivity index (χ0v) is 20.4. The molecule has 0 aromatic heterocycles. The van der Waals surface area contributed by atoms with E-state index in [0.29, 0.717) is 34.7 Å². The molecule has 1 unspecified atom stereocenters. The molecule has 9 heteroatoms. The summed E-state index contributed by atoms with van der Waals surface area (Å²) in [5, 5.41) is 21.8. The summed E-state index contributed by atoms with van der Waals surface area (Å²) in [7, 11) is 0.